The topological polar surface area (TPSA) is 44.1 Å². The highest BCUT2D eigenvalue weighted by Gasteiger charge is 2.08. The lowest BCUT2D eigenvalue weighted by Crippen LogP contribution is -2.09. The van der Waals surface area contributed by atoms with Crippen LogP contribution in [0, 0.1) is 0 Å². The van der Waals surface area contributed by atoms with E-state index in [1.54, 1.807) is 6.20 Å². The first kappa shape index (κ1) is 10.8. The number of hydrogen-bond acceptors (Lipinski definition) is 3. The fourth-order valence-corrected chi connectivity index (χ4v) is 1.32. The lowest BCUT2D eigenvalue weighted by molar-refractivity contribution is -0.140. The van der Waals surface area contributed by atoms with E-state index in [9.17, 15) is 4.79 Å². The molecule has 0 bridgehead atoms. The van der Waals surface area contributed by atoms with Crippen LogP contribution in [0.5, 0.6) is 0 Å². The molecule has 78 valence electrons. The number of ether oxygens (including phenoxy) is 1. The highest BCUT2D eigenvalue weighted by molar-refractivity contribution is 5.68. The molecular weight excluding hydrogens is 180 g/mol. The number of carbonyl (C=O) groups is 1. The van der Waals surface area contributed by atoms with Crippen LogP contribution in [0.25, 0.3) is 0 Å². The van der Waals surface area contributed by atoms with E-state index in [-0.39, 0.29) is 5.97 Å². The highest BCUT2D eigenvalue weighted by Crippen LogP contribution is 2.11. The van der Waals surface area contributed by atoms with Crippen LogP contribution < -0.4 is 0 Å². The standard InChI is InChI=1S/C10H16N2O2/c1-8(2)10-11-5-7-12(10)6-4-9(13)14-3/h5,7-8H,4,6H2,1-3H3. The number of rotatable bonds is 4. The van der Waals surface area contributed by atoms with E-state index >= 15 is 0 Å². The summed E-state index contributed by atoms with van der Waals surface area (Å²) in [6.07, 6.45) is 4.04. The molecule has 0 aromatic carbocycles. The first-order chi connectivity index (χ1) is 6.65. The predicted octanol–water partition coefficient (Wildman–Crippen LogP) is 1.57. The average molecular weight is 196 g/mol. The number of nitrogens with zero attached hydrogens (tertiary/aromatic N) is 2. The van der Waals surface area contributed by atoms with Crippen LogP contribution in [-0.2, 0) is 16.1 Å². The summed E-state index contributed by atoms with van der Waals surface area (Å²) in [5, 5.41) is 0. The van der Waals surface area contributed by atoms with E-state index in [1.807, 2.05) is 10.8 Å². The number of methoxy groups -OCH3 is 1. The maximum absolute atomic E-state index is 10.9. The van der Waals surface area contributed by atoms with Crippen LogP contribution in [0.4, 0.5) is 0 Å². The molecule has 1 aromatic heterocycles. The Kier molecular flexibility index (Phi) is 3.68. The SMILES string of the molecule is COC(=O)CCn1ccnc1C(C)C. The summed E-state index contributed by atoms with van der Waals surface area (Å²) in [4.78, 5) is 15.2. The van der Waals surface area contributed by atoms with Crippen molar-refractivity contribution in [3.05, 3.63) is 18.2 Å². The Balaban J connectivity index is 2.58. The summed E-state index contributed by atoms with van der Waals surface area (Å²) >= 11 is 0. The summed E-state index contributed by atoms with van der Waals surface area (Å²) in [5.41, 5.74) is 0. The van der Waals surface area contributed by atoms with Gasteiger partial charge < -0.3 is 9.30 Å². The number of carbonyl (C=O) groups excluding carboxylic acids is 1. The van der Waals surface area contributed by atoms with Crippen molar-refractivity contribution in [1.29, 1.82) is 0 Å². The van der Waals surface area contributed by atoms with Crippen molar-refractivity contribution in [3.63, 3.8) is 0 Å². The molecule has 0 unspecified atom stereocenters. The summed E-state index contributed by atoms with van der Waals surface area (Å²) < 4.78 is 6.56. The fraction of sp³-hybridized carbons (Fsp3) is 0.600. The molecule has 1 heterocycles. The zero-order chi connectivity index (χ0) is 10.6. The fourth-order valence-electron chi connectivity index (χ4n) is 1.32. The molecule has 0 saturated heterocycles. The molecule has 0 aliphatic heterocycles. The minimum atomic E-state index is -0.187. The Bertz CT molecular complexity index is 305. The molecule has 0 amide bonds. The molecule has 0 radical (unpaired) electrons. The van der Waals surface area contributed by atoms with Crippen LogP contribution in [0.15, 0.2) is 12.4 Å². The van der Waals surface area contributed by atoms with Crippen LogP contribution in [0.1, 0.15) is 32.0 Å². The second-order valence-electron chi connectivity index (χ2n) is 3.46. The van der Waals surface area contributed by atoms with Crippen molar-refractivity contribution in [2.45, 2.75) is 32.7 Å². The van der Waals surface area contributed by atoms with E-state index < -0.39 is 0 Å². The average Bonchev–Trinajstić information content (AvgIpc) is 2.62. The lowest BCUT2D eigenvalue weighted by Gasteiger charge is -2.08. The molecule has 4 nitrogen and oxygen atoms in total. The van der Waals surface area contributed by atoms with Gasteiger partial charge in [-0.15, -0.1) is 0 Å². The molecule has 14 heavy (non-hydrogen) atoms. The van der Waals surface area contributed by atoms with Crippen LogP contribution in [0.3, 0.4) is 0 Å². The van der Waals surface area contributed by atoms with E-state index in [1.165, 1.54) is 7.11 Å². The maximum Gasteiger partial charge on any atom is 0.307 e. The summed E-state index contributed by atoms with van der Waals surface area (Å²) in [6.45, 7) is 4.80. The van der Waals surface area contributed by atoms with E-state index in [2.05, 4.69) is 23.6 Å². The number of aromatic nitrogens is 2. The van der Waals surface area contributed by atoms with Gasteiger partial charge in [-0.1, -0.05) is 13.8 Å². The van der Waals surface area contributed by atoms with Crippen LogP contribution in [-0.4, -0.2) is 22.6 Å². The van der Waals surface area contributed by atoms with Gasteiger partial charge in [0.25, 0.3) is 0 Å². The minimum Gasteiger partial charge on any atom is -0.469 e. The Morgan fingerprint density at radius 2 is 2.36 bits per heavy atom. The van der Waals surface area contributed by atoms with E-state index in [0.717, 1.165) is 5.82 Å². The maximum atomic E-state index is 10.9. The first-order valence-corrected chi connectivity index (χ1v) is 4.73. The molecule has 1 aromatic rings. The Morgan fingerprint density at radius 3 is 2.93 bits per heavy atom. The molecule has 0 aliphatic rings. The molecule has 0 spiro atoms. The smallest absolute Gasteiger partial charge is 0.307 e. The molecule has 0 saturated carbocycles. The van der Waals surface area contributed by atoms with E-state index in [4.69, 9.17) is 0 Å². The van der Waals surface area contributed by atoms with Crippen molar-refractivity contribution in [2.75, 3.05) is 7.11 Å². The van der Waals surface area contributed by atoms with Gasteiger partial charge in [0.2, 0.25) is 0 Å². The molecule has 0 aliphatic carbocycles. The predicted molar refractivity (Wildman–Crippen MR) is 52.9 cm³/mol. The van der Waals surface area contributed by atoms with Gasteiger partial charge in [0.15, 0.2) is 0 Å². The van der Waals surface area contributed by atoms with Gasteiger partial charge in [-0.2, -0.15) is 0 Å². The third-order valence-electron chi connectivity index (χ3n) is 2.05. The van der Waals surface area contributed by atoms with Gasteiger partial charge in [-0.05, 0) is 0 Å². The van der Waals surface area contributed by atoms with Crippen LogP contribution >= 0.6 is 0 Å². The lowest BCUT2D eigenvalue weighted by atomic mass is 10.2. The van der Waals surface area contributed by atoms with Gasteiger partial charge in [0.05, 0.1) is 13.5 Å². The quantitative estimate of drug-likeness (QED) is 0.686. The van der Waals surface area contributed by atoms with Crippen molar-refractivity contribution in [2.24, 2.45) is 0 Å². The third-order valence-corrected chi connectivity index (χ3v) is 2.05. The second kappa shape index (κ2) is 4.79. The van der Waals surface area contributed by atoms with Gasteiger partial charge in [-0.25, -0.2) is 4.98 Å². The van der Waals surface area contributed by atoms with Gasteiger partial charge in [0, 0.05) is 24.9 Å². The van der Waals surface area contributed by atoms with Gasteiger partial charge in [-0.3, -0.25) is 4.79 Å². The second-order valence-corrected chi connectivity index (χ2v) is 3.46. The zero-order valence-corrected chi connectivity index (χ0v) is 8.86. The van der Waals surface area contributed by atoms with Crippen molar-refractivity contribution >= 4 is 5.97 Å². The molecular formula is C10H16N2O2. The monoisotopic (exact) mass is 196 g/mol. The van der Waals surface area contributed by atoms with Crippen molar-refractivity contribution < 1.29 is 9.53 Å². The number of imidazole rings is 1. The highest BCUT2D eigenvalue weighted by atomic mass is 16.5. The Morgan fingerprint density at radius 1 is 1.64 bits per heavy atom. The van der Waals surface area contributed by atoms with Gasteiger partial charge in [0.1, 0.15) is 5.82 Å². The van der Waals surface area contributed by atoms with Gasteiger partial charge >= 0.3 is 5.97 Å². The van der Waals surface area contributed by atoms with E-state index in [0.29, 0.717) is 18.9 Å². The number of hydrogen-bond donors (Lipinski definition) is 0. The number of esters is 1. The molecule has 0 fully saturated rings. The molecule has 1 rings (SSSR count). The molecule has 4 heteroatoms. The molecule has 0 N–H and O–H groups in total. The summed E-state index contributed by atoms with van der Waals surface area (Å²) in [5.74, 6) is 1.20. The minimum absolute atomic E-state index is 0.187. The molecule has 0 atom stereocenters. The third kappa shape index (κ3) is 2.58. The normalized spacial score (nSPS) is 10.6. The largest absolute Gasteiger partial charge is 0.469 e. The summed E-state index contributed by atoms with van der Waals surface area (Å²) in [6, 6.07) is 0. The van der Waals surface area contributed by atoms with Crippen molar-refractivity contribution in [3.8, 4) is 0 Å². The zero-order valence-electron chi connectivity index (χ0n) is 8.86. The Labute approximate surface area is 83.9 Å². The number of aryl methyl sites for hydroxylation is 1. The Hall–Kier alpha value is -1.32. The first-order valence-electron chi connectivity index (χ1n) is 4.73. The van der Waals surface area contributed by atoms with Crippen molar-refractivity contribution in [1.82, 2.24) is 9.55 Å². The van der Waals surface area contributed by atoms with Crippen LogP contribution in [0.2, 0.25) is 0 Å². The summed E-state index contributed by atoms with van der Waals surface area (Å²) in [7, 11) is 1.40.